The molecule has 1 amide bonds. The molecule has 0 aliphatic rings. The molecule has 20 heavy (non-hydrogen) atoms. The Labute approximate surface area is 120 Å². The Kier molecular flexibility index (Phi) is 6.87. The molecular formula is C15H24N2O3. The number of ether oxygens (including phenoxy) is 2. The van der Waals surface area contributed by atoms with E-state index in [-0.39, 0.29) is 11.9 Å². The Bertz CT molecular complexity index is 435. The first-order chi connectivity index (χ1) is 9.65. The Hall–Kier alpha value is -1.75. The molecule has 3 N–H and O–H groups in total. The number of carbonyl (C=O) groups excluding carboxylic acids is 1. The molecule has 0 fully saturated rings. The number of unbranched alkanes of at least 4 members (excludes halogenated alkanes) is 1. The summed E-state index contributed by atoms with van der Waals surface area (Å²) in [7, 11) is 3.10. The second-order valence-electron chi connectivity index (χ2n) is 4.61. The highest BCUT2D eigenvalue weighted by atomic mass is 16.5. The van der Waals surface area contributed by atoms with Crippen molar-refractivity contribution in [2.75, 3.05) is 20.8 Å². The molecule has 0 aliphatic carbocycles. The molecule has 0 bridgehead atoms. The first kappa shape index (κ1) is 16.3. The van der Waals surface area contributed by atoms with Crippen LogP contribution in [0.3, 0.4) is 0 Å². The minimum absolute atomic E-state index is 0.0154. The molecule has 0 saturated carbocycles. The highest BCUT2D eigenvalue weighted by Crippen LogP contribution is 2.24. The number of hydrogen-bond donors (Lipinski definition) is 2. The monoisotopic (exact) mass is 280 g/mol. The van der Waals surface area contributed by atoms with Crippen LogP contribution < -0.4 is 20.5 Å². The summed E-state index contributed by atoms with van der Waals surface area (Å²) >= 11 is 0. The zero-order chi connectivity index (χ0) is 15.0. The summed E-state index contributed by atoms with van der Waals surface area (Å²) < 4.78 is 10.4. The lowest BCUT2D eigenvalue weighted by Crippen LogP contribution is -2.40. The predicted molar refractivity (Wildman–Crippen MR) is 79.4 cm³/mol. The van der Waals surface area contributed by atoms with Crippen molar-refractivity contribution < 1.29 is 14.3 Å². The average molecular weight is 280 g/mol. The quantitative estimate of drug-likeness (QED) is 0.763. The van der Waals surface area contributed by atoms with Crippen molar-refractivity contribution in [3.05, 3.63) is 23.8 Å². The van der Waals surface area contributed by atoms with E-state index < -0.39 is 0 Å². The maximum absolute atomic E-state index is 12.3. The maximum atomic E-state index is 12.3. The van der Waals surface area contributed by atoms with Gasteiger partial charge >= 0.3 is 0 Å². The minimum Gasteiger partial charge on any atom is -0.497 e. The third-order valence-electron chi connectivity index (χ3n) is 3.18. The van der Waals surface area contributed by atoms with Gasteiger partial charge < -0.3 is 20.5 Å². The first-order valence-corrected chi connectivity index (χ1v) is 6.89. The predicted octanol–water partition coefficient (Wildman–Crippen LogP) is 1.95. The molecule has 112 valence electrons. The van der Waals surface area contributed by atoms with Gasteiger partial charge in [0.05, 0.1) is 19.8 Å². The van der Waals surface area contributed by atoms with Crippen LogP contribution >= 0.6 is 0 Å². The van der Waals surface area contributed by atoms with Crippen LogP contribution in [0.2, 0.25) is 0 Å². The molecule has 0 aromatic heterocycles. The van der Waals surface area contributed by atoms with E-state index in [4.69, 9.17) is 15.2 Å². The Morgan fingerprint density at radius 1 is 1.35 bits per heavy atom. The molecule has 1 unspecified atom stereocenters. The Balaban J connectivity index is 2.84. The van der Waals surface area contributed by atoms with Gasteiger partial charge in [0.25, 0.3) is 5.91 Å². The summed E-state index contributed by atoms with van der Waals surface area (Å²) in [6.07, 6.45) is 3.00. The SMILES string of the molecule is CCCCC(CN)NC(=O)c1cc(OC)ccc1OC. The molecular weight excluding hydrogens is 256 g/mol. The van der Waals surface area contributed by atoms with E-state index in [1.165, 1.54) is 7.11 Å². The zero-order valence-corrected chi connectivity index (χ0v) is 12.4. The molecule has 0 radical (unpaired) electrons. The third kappa shape index (κ3) is 4.42. The number of nitrogens with two attached hydrogens (primary N) is 1. The van der Waals surface area contributed by atoms with Crippen LogP contribution in [0.15, 0.2) is 18.2 Å². The van der Waals surface area contributed by atoms with Crippen molar-refractivity contribution in [3.8, 4) is 11.5 Å². The number of carbonyl (C=O) groups is 1. The van der Waals surface area contributed by atoms with Crippen LogP contribution in [0.25, 0.3) is 0 Å². The van der Waals surface area contributed by atoms with Crippen LogP contribution in [0.5, 0.6) is 11.5 Å². The van der Waals surface area contributed by atoms with Gasteiger partial charge in [0.2, 0.25) is 0 Å². The largest absolute Gasteiger partial charge is 0.497 e. The van der Waals surface area contributed by atoms with Crippen molar-refractivity contribution in [2.45, 2.75) is 32.2 Å². The average Bonchev–Trinajstić information content (AvgIpc) is 2.50. The summed E-state index contributed by atoms with van der Waals surface area (Å²) in [5.41, 5.74) is 6.16. The number of benzene rings is 1. The molecule has 0 saturated heterocycles. The molecule has 5 heteroatoms. The highest BCUT2D eigenvalue weighted by Gasteiger charge is 2.16. The summed E-state index contributed by atoms with van der Waals surface area (Å²) in [6, 6.07) is 5.13. The highest BCUT2D eigenvalue weighted by molar-refractivity contribution is 5.97. The van der Waals surface area contributed by atoms with Crippen LogP contribution in [-0.4, -0.2) is 32.7 Å². The third-order valence-corrected chi connectivity index (χ3v) is 3.18. The van der Waals surface area contributed by atoms with Gasteiger partial charge in [-0.2, -0.15) is 0 Å². The molecule has 1 aromatic rings. The number of nitrogens with one attached hydrogen (secondary N) is 1. The van der Waals surface area contributed by atoms with Gasteiger partial charge in [-0.1, -0.05) is 19.8 Å². The van der Waals surface area contributed by atoms with Gasteiger partial charge in [0.1, 0.15) is 11.5 Å². The molecule has 5 nitrogen and oxygen atoms in total. The van der Waals surface area contributed by atoms with E-state index in [1.807, 2.05) is 0 Å². The fraction of sp³-hybridized carbons (Fsp3) is 0.533. The number of amides is 1. The topological polar surface area (TPSA) is 73.6 Å². The first-order valence-electron chi connectivity index (χ1n) is 6.89. The summed E-state index contributed by atoms with van der Waals surface area (Å²) in [4.78, 5) is 12.3. The van der Waals surface area contributed by atoms with Gasteiger partial charge in [-0.25, -0.2) is 0 Å². The molecule has 1 atom stereocenters. The Morgan fingerprint density at radius 2 is 2.10 bits per heavy atom. The lowest BCUT2D eigenvalue weighted by atomic mass is 10.1. The molecule has 0 aliphatic heterocycles. The van der Waals surface area contributed by atoms with E-state index in [0.717, 1.165) is 19.3 Å². The van der Waals surface area contributed by atoms with Crippen LogP contribution in [0.1, 0.15) is 36.5 Å². The zero-order valence-electron chi connectivity index (χ0n) is 12.4. The van der Waals surface area contributed by atoms with E-state index >= 15 is 0 Å². The second kappa shape index (κ2) is 8.43. The summed E-state index contributed by atoms with van der Waals surface area (Å²) in [5, 5.41) is 2.94. The minimum atomic E-state index is -0.188. The molecule has 0 spiro atoms. The summed E-state index contributed by atoms with van der Waals surface area (Å²) in [6.45, 7) is 2.54. The van der Waals surface area contributed by atoms with Crippen molar-refractivity contribution in [2.24, 2.45) is 5.73 Å². The van der Waals surface area contributed by atoms with E-state index in [2.05, 4.69) is 12.2 Å². The van der Waals surface area contributed by atoms with Crippen LogP contribution in [0.4, 0.5) is 0 Å². The number of rotatable bonds is 8. The Morgan fingerprint density at radius 3 is 2.65 bits per heavy atom. The number of hydrogen-bond acceptors (Lipinski definition) is 4. The van der Waals surface area contributed by atoms with Gasteiger partial charge in [-0.15, -0.1) is 0 Å². The maximum Gasteiger partial charge on any atom is 0.255 e. The van der Waals surface area contributed by atoms with Crippen molar-refractivity contribution in [1.29, 1.82) is 0 Å². The van der Waals surface area contributed by atoms with Gasteiger partial charge in [-0.3, -0.25) is 4.79 Å². The van der Waals surface area contributed by atoms with Crippen molar-refractivity contribution >= 4 is 5.91 Å². The lowest BCUT2D eigenvalue weighted by Gasteiger charge is -2.18. The lowest BCUT2D eigenvalue weighted by molar-refractivity contribution is 0.0932. The van der Waals surface area contributed by atoms with Gasteiger partial charge in [0.15, 0.2) is 0 Å². The molecule has 1 rings (SSSR count). The molecule has 1 aromatic carbocycles. The smallest absolute Gasteiger partial charge is 0.255 e. The van der Waals surface area contributed by atoms with Crippen molar-refractivity contribution in [1.82, 2.24) is 5.32 Å². The van der Waals surface area contributed by atoms with Crippen LogP contribution in [-0.2, 0) is 0 Å². The normalized spacial score (nSPS) is 11.8. The summed E-state index contributed by atoms with van der Waals surface area (Å²) in [5.74, 6) is 0.954. The standard InChI is InChI=1S/C15H24N2O3/c1-4-5-6-11(10-16)17-15(18)13-9-12(19-2)7-8-14(13)20-3/h7-9,11H,4-6,10,16H2,1-3H3,(H,17,18). The fourth-order valence-corrected chi connectivity index (χ4v) is 1.95. The van der Waals surface area contributed by atoms with E-state index in [1.54, 1.807) is 25.3 Å². The molecule has 0 heterocycles. The van der Waals surface area contributed by atoms with E-state index in [0.29, 0.717) is 23.6 Å². The van der Waals surface area contributed by atoms with Crippen LogP contribution in [0, 0.1) is 0 Å². The fourth-order valence-electron chi connectivity index (χ4n) is 1.95. The van der Waals surface area contributed by atoms with Gasteiger partial charge in [0, 0.05) is 12.6 Å². The number of methoxy groups -OCH3 is 2. The van der Waals surface area contributed by atoms with E-state index in [9.17, 15) is 4.79 Å². The second-order valence-corrected chi connectivity index (χ2v) is 4.61. The van der Waals surface area contributed by atoms with Gasteiger partial charge in [-0.05, 0) is 24.6 Å². The van der Waals surface area contributed by atoms with Crippen molar-refractivity contribution in [3.63, 3.8) is 0 Å².